The molecular weight excluding hydrogens is 392 g/mol. The van der Waals surface area contributed by atoms with Gasteiger partial charge in [-0.15, -0.1) is 0 Å². The number of aryl methyl sites for hydroxylation is 1. The molecule has 0 aliphatic carbocycles. The minimum Gasteiger partial charge on any atom is -0.451 e. The van der Waals surface area contributed by atoms with Crippen LogP contribution in [0.25, 0.3) is 11.3 Å². The third kappa shape index (κ3) is 3.47. The fourth-order valence-electron chi connectivity index (χ4n) is 2.27. The Kier molecular flexibility index (Phi) is 4.64. The van der Waals surface area contributed by atoms with Crippen molar-refractivity contribution < 1.29 is 9.21 Å². The molecule has 2 aromatic carbocycles. The van der Waals surface area contributed by atoms with Gasteiger partial charge in [-0.3, -0.25) is 4.79 Å². The Hall–Kier alpha value is -2.24. The number of hydrogen-bond acceptors (Lipinski definition) is 3. The lowest BCUT2D eigenvalue weighted by Crippen LogP contribution is -2.12. The molecule has 1 heterocycles. The molecule has 1 aromatic heterocycles. The predicted octanol–water partition coefficient (Wildman–Crippen LogP) is 5.51. The largest absolute Gasteiger partial charge is 0.451 e. The number of halogens is 2. The summed E-state index contributed by atoms with van der Waals surface area (Å²) in [4.78, 5) is 12.3. The molecule has 1 amide bonds. The second kappa shape index (κ2) is 6.71. The molecule has 0 bridgehead atoms. The van der Waals surface area contributed by atoms with Gasteiger partial charge >= 0.3 is 0 Å². The molecule has 0 aliphatic rings. The number of carbonyl (C=O) groups excluding carboxylic acids is 1. The van der Waals surface area contributed by atoms with Crippen LogP contribution in [0.2, 0.25) is 5.02 Å². The van der Waals surface area contributed by atoms with Gasteiger partial charge < -0.3 is 15.5 Å². The standard InChI is InChI=1S/C18H14BrClN2O2/c1-10-2-5-15(14(21)8-10)22-18(23)17-7-6-16(24-17)12-4-3-11(20)9-13(12)19/h2-9H,21H2,1H3,(H,22,23). The minimum atomic E-state index is -0.359. The van der Waals surface area contributed by atoms with E-state index in [0.717, 1.165) is 15.6 Å². The fourth-order valence-corrected chi connectivity index (χ4v) is 3.15. The molecule has 0 saturated heterocycles. The molecule has 24 heavy (non-hydrogen) atoms. The Morgan fingerprint density at radius 2 is 1.96 bits per heavy atom. The SMILES string of the molecule is Cc1ccc(NC(=O)c2ccc(-c3ccc(Cl)cc3Br)o2)c(N)c1. The molecule has 3 rings (SSSR count). The molecule has 0 spiro atoms. The van der Waals surface area contributed by atoms with Gasteiger partial charge in [0.15, 0.2) is 5.76 Å². The predicted molar refractivity (Wildman–Crippen MR) is 100 cm³/mol. The van der Waals surface area contributed by atoms with Gasteiger partial charge in [0.25, 0.3) is 5.91 Å². The van der Waals surface area contributed by atoms with Crippen LogP contribution in [0.3, 0.4) is 0 Å². The summed E-state index contributed by atoms with van der Waals surface area (Å²) < 4.78 is 6.45. The quantitative estimate of drug-likeness (QED) is 0.565. The summed E-state index contributed by atoms with van der Waals surface area (Å²) in [5.41, 5.74) is 8.82. The van der Waals surface area contributed by atoms with Gasteiger partial charge in [0.1, 0.15) is 5.76 Å². The van der Waals surface area contributed by atoms with E-state index in [9.17, 15) is 4.79 Å². The van der Waals surface area contributed by atoms with Crippen LogP contribution < -0.4 is 11.1 Å². The van der Waals surface area contributed by atoms with E-state index in [4.69, 9.17) is 21.8 Å². The smallest absolute Gasteiger partial charge is 0.291 e. The first-order valence-electron chi connectivity index (χ1n) is 7.17. The second-order valence-electron chi connectivity index (χ2n) is 5.33. The highest BCUT2D eigenvalue weighted by atomic mass is 79.9. The van der Waals surface area contributed by atoms with Crippen molar-refractivity contribution in [2.24, 2.45) is 0 Å². The average Bonchev–Trinajstić information content (AvgIpc) is 3.00. The number of rotatable bonds is 3. The number of amides is 1. The van der Waals surface area contributed by atoms with Gasteiger partial charge in [0.05, 0.1) is 11.4 Å². The van der Waals surface area contributed by atoms with Gasteiger partial charge in [-0.05, 0) is 70.9 Å². The van der Waals surface area contributed by atoms with Crippen molar-refractivity contribution in [3.8, 4) is 11.3 Å². The summed E-state index contributed by atoms with van der Waals surface area (Å²) in [5, 5.41) is 3.37. The van der Waals surface area contributed by atoms with Gasteiger partial charge in [-0.1, -0.05) is 17.7 Å². The van der Waals surface area contributed by atoms with Crippen molar-refractivity contribution in [2.45, 2.75) is 6.92 Å². The number of furan rings is 1. The lowest BCUT2D eigenvalue weighted by atomic mass is 10.2. The topological polar surface area (TPSA) is 68.3 Å². The first-order chi connectivity index (χ1) is 11.4. The number of nitrogen functional groups attached to an aromatic ring is 1. The summed E-state index contributed by atoms with van der Waals surface area (Å²) in [6.45, 7) is 1.94. The summed E-state index contributed by atoms with van der Waals surface area (Å²) in [6, 6.07) is 14.2. The number of hydrogen-bond donors (Lipinski definition) is 2. The first-order valence-corrected chi connectivity index (χ1v) is 8.34. The Morgan fingerprint density at radius 3 is 2.67 bits per heavy atom. The van der Waals surface area contributed by atoms with E-state index in [0.29, 0.717) is 22.2 Å². The summed E-state index contributed by atoms with van der Waals surface area (Å²) >= 11 is 9.38. The second-order valence-corrected chi connectivity index (χ2v) is 6.62. The van der Waals surface area contributed by atoms with E-state index in [-0.39, 0.29) is 11.7 Å². The van der Waals surface area contributed by atoms with Crippen LogP contribution in [-0.4, -0.2) is 5.91 Å². The highest BCUT2D eigenvalue weighted by molar-refractivity contribution is 9.10. The molecule has 0 fully saturated rings. The molecule has 0 unspecified atom stereocenters. The normalized spacial score (nSPS) is 10.6. The number of nitrogens with two attached hydrogens (primary N) is 1. The molecular formula is C18H14BrClN2O2. The highest BCUT2D eigenvalue weighted by Gasteiger charge is 2.15. The molecule has 122 valence electrons. The minimum absolute atomic E-state index is 0.201. The van der Waals surface area contributed by atoms with Crippen LogP contribution in [0.5, 0.6) is 0 Å². The maximum absolute atomic E-state index is 12.3. The third-order valence-corrected chi connectivity index (χ3v) is 4.37. The van der Waals surface area contributed by atoms with Crippen molar-refractivity contribution in [3.63, 3.8) is 0 Å². The van der Waals surface area contributed by atoms with Crippen molar-refractivity contribution in [1.82, 2.24) is 0 Å². The van der Waals surface area contributed by atoms with Gasteiger partial charge in [0, 0.05) is 15.1 Å². The van der Waals surface area contributed by atoms with Crippen molar-refractivity contribution >= 4 is 44.8 Å². The van der Waals surface area contributed by atoms with E-state index in [1.54, 1.807) is 36.4 Å². The van der Waals surface area contributed by atoms with Crippen molar-refractivity contribution in [1.29, 1.82) is 0 Å². The van der Waals surface area contributed by atoms with Gasteiger partial charge in [-0.2, -0.15) is 0 Å². The first kappa shape index (κ1) is 16.6. The van der Waals surface area contributed by atoms with E-state index in [2.05, 4.69) is 21.2 Å². The molecule has 0 radical (unpaired) electrons. The maximum atomic E-state index is 12.3. The van der Waals surface area contributed by atoms with Gasteiger partial charge in [-0.25, -0.2) is 0 Å². The monoisotopic (exact) mass is 404 g/mol. The summed E-state index contributed by atoms with van der Waals surface area (Å²) in [6.07, 6.45) is 0. The lowest BCUT2D eigenvalue weighted by Gasteiger charge is -2.07. The van der Waals surface area contributed by atoms with Crippen LogP contribution in [-0.2, 0) is 0 Å². The number of benzene rings is 2. The summed E-state index contributed by atoms with van der Waals surface area (Å²) in [7, 11) is 0. The van der Waals surface area contributed by atoms with Crippen LogP contribution in [0.4, 0.5) is 11.4 Å². The zero-order chi connectivity index (χ0) is 17.3. The zero-order valence-corrected chi connectivity index (χ0v) is 15.1. The van der Waals surface area contributed by atoms with E-state index in [1.165, 1.54) is 0 Å². The Bertz CT molecular complexity index is 921. The Labute approximate surface area is 152 Å². The van der Waals surface area contributed by atoms with Crippen molar-refractivity contribution in [2.75, 3.05) is 11.1 Å². The van der Waals surface area contributed by atoms with Gasteiger partial charge in [0.2, 0.25) is 0 Å². The van der Waals surface area contributed by atoms with E-state index >= 15 is 0 Å². The molecule has 3 aromatic rings. The molecule has 4 nitrogen and oxygen atoms in total. The zero-order valence-electron chi connectivity index (χ0n) is 12.8. The Balaban J connectivity index is 1.83. The maximum Gasteiger partial charge on any atom is 0.291 e. The number of anilines is 2. The molecule has 0 aliphatic heterocycles. The highest BCUT2D eigenvalue weighted by Crippen LogP contribution is 2.32. The van der Waals surface area contributed by atoms with Crippen LogP contribution in [0.1, 0.15) is 16.1 Å². The molecule has 3 N–H and O–H groups in total. The number of carbonyl (C=O) groups is 1. The van der Waals surface area contributed by atoms with Crippen LogP contribution >= 0.6 is 27.5 Å². The van der Waals surface area contributed by atoms with Crippen LogP contribution in [0, 0.1) is 6.92 Å². The third-order valence-electron chi connectivity index (χ3n) is 3.48. The van der Waals surface area contributed by atoms with Crippen molar-refractivity contribution in [3.05, 3.63) is 69.3 Å². The average molecular weight is 406 g/mol. The molecule has 6 heteroatoms. The molecule has 0 atom stereocenters. The number of nitrogens with one attached hydrogen (secondary N) is 1. The summed E-state index contributed by atoms with van der Waals surface area (Å²) in [5.74, 6) is 0.411. The van der Waals surface area contributed by atoms with E-state index in [1.807, 2.05) is 19.1 Å². The lowest BCUT2D eigenvalue weighted by molar-refractivity contribution is 0.0997. The Morgan fingerprint density at radius 1 is 1.17 bits per heavy atom. The van der Waals surface area contributed by atoms with E-state index < -0.39 is 0 Å². The molecule has 0 saturated carbocycles. The van der Waals surface area contributed by atoms with Crippen LogP contribution in [0.15, 0.2) is 57.4 Å². The fraction of sp³-hybridized carbons (Fsp3) is 0.0556.